The number of hydrogen-bond acceptors (Lipinski definition) is 2. The molecule has 1 unspecified atom stereocenters. The lowest BCUT2D eigenvalue weighted by Crippen LogP contribution is -2.25. The number of hydrogen-bond donors (Lipinski definition) is 2. The fourth-order valence-electron chi connectivity index (χ4n) is 1.70. The summed E-state index contributed by atoms with van der Waals surface area (Å²) in [5.41, 5.74) is 2.24. The minimum Gasteiger partial charge on any atom is -0.396 e. The maximum absolute atomic E-state index is 9.01. The summed E-state index contributed by atoms with van der Waals surface area (Å²) in [6.45, 7) is 1.05. The monoisotopic (exact) mass is 197 g/mol. The van der Waals surface area contributed by atoms with E-state index in [1.807, 2.05) is 12.1 Å². The van der Waals surface area contributed by atoms with Crippen molar-refractivity contribution in [1.82, 2.24) is 0 Å². The first-order valence-corrected chi connectivity index (χ1v) is 4.81. The van der Waals surface area contributed by atoms with E-state index in [0.717, 1.165) is 23.7 Å². The van der Waals surface area contributed by atoms with Crippen LogP contribution in [0.5, 0.6) is 0 Å². The van der Waals surface area contributed by atoms with Crippen molar-refractivity contribution < 1.29 is 5.11 Å². The van der Waals surface area contributed by atoms with Gasteiger partial charge in [-0.25, -0.2) is 0 Å². The average molecular weight is 198 g/mol. The predicted molar refractivity (Wildman–Crippen MR) is 54.2 cm³/mol. The van der Waals surface area contributed by atoms with Gasteiger partial charge in [0.2, 0.25) is 0 Å². The standard InChI is InChI=1S/C10H12ClNO/c11-9-3-1-2-8-4-7(6-13)5-12-10(8)9/h1-3,7,12-13H,4-6H2. The molecular formula is C10H12ClNO. The molecule has 0 aliphatic carbocycles. The average Bonchev–Trinajstić information content (AvgIpc) is 2.18. The van der Waals surface area contributed by atoms with Crippen LogP contribution in [0.2, 0.25) is 5.02 Å². The molecule has 1 aliphatic heterocycles. The lowest BCUT2D eigenvalue weighted by molar-refractivity contribution is 0.230. The van der Waals surface area contributed by atoms with Crippen LogP contribution in [0.1, 0.15) is 5.56 Å². The molecule has 0 amide bonds. The maximum Gasteiger partial charge on any atom is 0.0640 e. The van der Waals surface area contributed by atoms with Crippen molar-refractivity contribution in [2.45, 2.75) is 6.42 Å². The fraction of sp³-hybridized carbons (Fsp3) is 0.400. The molecule has 13 heavy (non-hydrogen) atoms. The van der Waals surface area contributed by atoms with Gasteiger partial charge in [0.15, 0.2) is 0 Å². The van der Waals surface area contributed by atoms with Gasteiger partial charge in [-0.1, -0.05) is 23.7 Å². The summed E-state index contributed by atoms with van der Waals surface area (Å²) in [5.74, 6) is 0.325. The molecule has 1 aromatic carbocycles. The zero-order valence-electron chi connectivity index (χ0n) is 7.26. The third-order valence-corrected chi connectivity index (χ3v) is 2.75. The lowest BCUT2D eigenvalue weighted by atomic mass is 9.95. The Morgan fingerprint density at radius 1 is 1.54 bits per heavy atom. The molecule has 0 spiro atoms. The molecular weight excluding hydrogens is 186 g/mol. The van der Waals surface area contributed by atoms with Crippen molar-refractivity contribution in [3.63, 3.8) is 0 Å². The Balaban J connectivity index is 2.31. The number of rotatable bonds is 1. The minimum atomic E-state index is 0.235. The quantitative estimate of drug-likeness (QED) is 0.721. The van der Waals surface area contributed by atoms with Crippen molar-refractivity contribution in [3.8, 4) is 0 Å². The summed E-state index contributed by atoms with van der Waals surface area (Å²) in [7, 11) is 0. The van der Waals surface area contributed by atoms with Crippen molar-refractivity contribution >= 4 is 17.3 Å². The van der Waals surface area contributed by atoms with Crippen LogP contribution in [0.3, 0.4) is 0 Å². The molecule has 1 atom stereocenters. The number of anilines is 1. The highest BCUT2D eigenvalue weighted by Gasteiger charge is 2.18. The van der Waals surface area contributed by atoms with Crippen molar-refractivity contribution in [3.05, 3.63) is 28.8 Å². The highest BCUT2D eigenvalue weighted by molar-refractivity contribution is 6.33. The number of fused-ring (bicyclic) bond motifs is 1. The highest BCUT2D eigenvalue weighted by atomic mass is 35.5. The van der Waals surface area contributed by atoms with Crippen LogP contribution < -0.4 is 5.32 Å². The Bertz CT molecular complexity index is 314. The van der Waals surface area contributed by atoms with E-state index < -0.39 is 0 Å². The molecule has 70 valence electrons. The van der Waals surface area contributed by atoms with Crippen molar-refractivity contribution in [2.24, 2.45) is 5.92 Å². The molecule has 3 heteroatoms. The first kappa shape index (κ1) is 8.85. The number of halogens is 1. The van der Waals surface area contributed by atoms with Gasteiger partial charge in [0.05, 0.1) is 10.7 Å². The Labute approximate surface area is 82.5 Å². The fourth-order valence-corrected chi connectivity index (χ4v) is 1.96. The highest BCUT2D eigenvalue weighted by Crippen LogP contribution is 2.31. The number of benzene rings is 1. The molecule has 0 saturated heterocycles. The summed E-state index contributed by atoms with van der Waals surface area (Å²) < 4.78 is 0. The van der Waals surface area contributed by atoms with E-state index in [0.29, 0.717) is 5.92 Å². The van der Waals surface area contributed by atoms with E-state index in [9.17, 15) is 0 Å². The molecule has 0 radical (unpaired) electrons. The Morgan fingerprint density at radius 3 is 3.15 bits per heavy atom. The second-order valence-corrected chi connectivity index (χ2v) is 3.81. The summed E-state index contributed by atoms with van der Waals surface area (Å²) >= 11 is 6.01. The first-order valence-electron chi connectivity index (χ1n) is 4.43. The molecule has 2 rings (SSSR count). The molecule has 1 heterocycles. The van der Waals surface area contributed by atoms with Crippen molar-refractivity contribution in [1.29, 1.82) is 0 Å². The molecule has 0 saturated carbocycles. The number of aliphatic hydroxyl groups is 1. The summed E-state index contributed by atoms with van der Waals surface area (Å²) in [5, 5.41) is 13.0. The van der Waals surface area contributed by atoms with E-state index in [1.165, 1.54) is 5.56 Å². The topological polar surface area (TPSA) is 32.3 Å². The number of para-hydroxylation sites is 1. The molecule has 1 aromatic rings. The van der Waals surface area contributed by atoms with Crippen LogP contribution >= 0.6 is 11.6 Å². The Hall–Kier alpha value is -0.730. The molecule has 2 N–H and O–H groups in total. The largest absolute Gasteiger partial charge is 0.396 e. The van der Waals surface area contributed by atoms with Gasteiger partial charge >= 0.3 is 0 Å². The number of aliphatic hydroxyl groups excluding tert-OH is 1. The second kappa shape index (κ2) is 3.56. The summed E-state index contributed by atoms with van der Waals surface area (Å²) in [4.78, 5) is 0. The number of nitrogens with one attached hydrogen (secondary N) is 1. The Morgan fingerprint density at radius 2 is 2.38 bits per heavy atom. The van der Waals surface area contributed by atoms with Crippen LogP contribution in [0.4, 0.5) is 5.69 Å². The van der Waals surface area contributed by atoms with Crippen LogP contribution in [0, 0.1) is 5.92 Å². The van der Waals surface area contributed by atoms with E-state index in [4.69, 9.17) is 16.7 Å². The van der Waals surface area contributed by atoms with Gasteiger partial charge in [-0.05, 0) is 18.1 Å². The van der Waals surface area contributed by atoms with E-state index in [1.54, 1.807) is 0 Å². The normalized spacial score (nSPS) is 20.6. The molecule has 0 bridgehead atoms. The molecule has 2 nitrogen and oxygen atoms in total. The van der Waals surface area contributed by atoms with E-state index >= 15 is 0 Å². The molecule has 0 fully saturated rings. The molecule has 0 aromatic heterocycles. The summed E-state index contributed by atoms with van der Waals surface area (Å²) in [6, 6.07) is 5.88. The second-order valence-electron chi connectivity index (χ2n) is 3.41. The van der Waals surface area contributed by atoms with E-state index in [-0.39, 0.29) is 6.61 Å². The zero-order valence-corrected chi connectivity index (χ0v) is 8.01. The van der Waals surface area contributed by atoms with Crippen LogP contribution in [-0.2, 0) is 6.42 Å². The predicted octanol–water partition coefficient (Wildman–Crippen LogP) is 1.92. The van der Waals surface area contributed by atoms with Crippen LogP contribution in [0.25, 0.3) is 0 Å². The van der Waals surface area contributed by atoms with Crippen LogP contribution in [-0.4, -0.2) is 18.3 Å². The van der Waals surface area contributed by atoms with Gasteiger partial charge in [0, 0.05) is 19.1 Å². The van der Waals surface area contributed by atoms with Gasteiger partial charge in [-0.2, -0.15) is 0 Å². The van der Waals surface area contributed by atoms with Gasteiger partial charge in [-0.3, -0.25) is 0 Å². The third-order valence-electron chi connectivity index (χ3n) is 2.43. The lowest BCUT2D eigenvalue weighted by Gasteiger charge is -2.25. The third kappa shape index (κ3) is 1.64. The van der Waals surface area contributed by atoms with E-state index in [2.05, 4.69) is 11.4 Å². The SMILES string of the molecule is OCC1CNc2c(Cl)cccc2C1. The Kier molecular flexibility index (Phi) is 2.42. The summed E-state index contributed by atoms with van der Waals surface area (Å²) in [6.07, 6.45) is 0.916. The minimum absolute atomic E-state index is 0.235. The first-order chi connectivity index (χ1) is 6.31. The molecule has 1 aliphatic rings. The smallest absolute Gasteiger partial charge is 0.0640 e. The van der Waals surface area contributed by atoms with Crippen LogP contribution in [0.15, 0.2) is 18.2 Å². The van der Waals surface area contributed by atoms with Gasteiger partial charge in [-0.15, -0.1) is 0 Å². The van der Waals surface area contributed by atoms with Gasteiger partial charge < -0.3 is 10.4 Å². The van der Waals surface area contributed by atoms with Crippen molar-refractivity contribution in [2.75, 3.05) is 18.5 Å². The maximum atomic E-state index is 9.01. The van der Waals surface area contributed by atoms with Gasteiger partial charge in [0.1, 0.15) is 0 Å². The van der Waals surface area contributed by atoms with Gasteiger partial charge in [0.25, 0.3) is 0 Å². The zero-order chi connectivity index (χ0) is 9.26.